The van der Waals surface area contributed by atoms with Gasteiger partial charge in [0.1, 0.15) is 5.75 Å². The highest BCUT2D eigenvalue weighted by Crippen LogP contribution is 2.28. The first-order chi connectivity index (χ1) is 16.9. The van der Waals surface area contributed by atoms with E-state index in [9.17, 15) is 19.7 Å². The van der Waals surface area contributed by atoms with Crippen LogP contribution >= 0.6 is 0 Å². The first kappa shape index (κ1) is 24.9. The largest absolute Gasteiger partial charge is 0.494 e. The van der Waals surface area contributed by atoms with E-state index in [1.165, 1.54) is 37.6 Å². The summed E-state index contributed by atoms with van der Waals surface area (Å²) < 4.78 is 16.3. The number of hydrogen-bond acceptors (Lipinski definition) is 8. The lowest BCUT2D eigenvalue weighted by Gasteiger charge is -2.10. The molecule has 0 heterocycles. The number of benzene rings is 3. The van der Waals surface area contributed by atoms with E-state index in [1.54, 1.807) is 42.5 Å². The van der Waals surface area contributed by atoms with Crippen molar-refractivity contribution in [1.29, 1.82) is 0 Å². The molecule has 0 fully saturated rings. The number of amides is 1. The number of hydrazone groups is 1. The Balaban J connectivity index is 1.62. The first-order valence-electron chi connectivity index (χ1n) is 10.6. The summed E-state index contributed by atoms with van der Waals surface area (Å²) in [6.45, 7) is 2.60. The van der Waals surface area contributed by atoms with Gasteiger partial charge >= 0.3 is 5.97 Å². The summed E-state index contributed by atoms with van der Waals surface area (Å²) in [6, 6.07) is 16.6. The molecule has 3 rings (SSSR count). The van der Waals surface area contributed by atoms with Crippen LogP contribution in [-0.2, 0) is 0 Å². The highest BCUT2D eigenvalue weighted by atomic mass is 16.6. The fraction of sp³-hybridized carbons (Fsp3) is 0.160. The Morgan fingerprint density at radius 1 is 1.00 bits per heavy atom. The van der Waals surface area contributed by atoms with Crippen LogP contribution in [0, 0.1) is 10.1 Å². The highest BCUT2D eigenvalue weighted by Gasteiger charge is 2.13. The van der Waals surface area contributed by atoms with E-state index in [4.69, 9.17) is 14.2 Å². The van der Waals surface area contributed by atoms with Crippen molar-refractivity contribution in [2.75, 3.05) is 13.7 Å². The van der Waals surface area contributed by atoms with Gasteiger partial charge in [0.15, 0.2) is 11.5 Å². The normalized spacial score (nSPS) is 10.6. The predicted octanol–water partition coefficient (Wildman–Crippen LogP) is 4.38. The Bertz CT molecular complexity index is 1220. The number of esters is 1. The number of rotatable bonds is 10. The van der Waals surface area contributed by atoms with Crippen molar-refractivity contribution < 1.29 is 28.7 Å². The number of non-ortho nitro benzene ring substituents is 1. The van der Waals surface area contributed by atoms with Crippen LogP contribution in [0.3, 0.4) is 0 Å². The van der Waals surface area contributed by atoms with Crippen molar-refractivity contribution in [2.45, 2.75) is 13.3 Å². The van der Waals surface area contributed by atoms with Crippen LogP contribution in [0.1, 0.15) is 39.6 Å². The van der Waals surface area contributed by atoms with E-state index in [1.807, 2.05) is 6.92 Å². The molecule has 3 aromatic carbocycles. The fourth-order valence-electron chi connectivity index (χ4n) is 2.88. The molecule has 3 aromatic rings. The fourth-order valence-corrected chi connectivity index (χ4v) is 2.88. The second-order valence-corrected chi connectivity index (χ2v) is 7.18. The minimum Gasteiger partial charge on any atom is -0.494 e. The molecule has 35 heavy (non-hydrogen) atoms. The molecule has 10 heteroatoms. The van der Waals surface area contributed by atoms with Crippen LogP contribution < -0.4 is 19.6 Å². The van der Waals surface area contributed by atoms with Gasteiger partial charge in [0.2, 0.25) is 0 Å². The van der Waals surface area contributed by atoms with E-state index in [0.717, 1.165) is 6.42 Å². The summed E-state index contributed by atoms with van der Waals surface area (Å²) in [7, 11) is 1.43. The third-order valence-corrected chi connectivity index (χ3v) is 4.67. The van der Waals surface area contributed by atoms with Crippen LogP contribution in [0.4, 0.5) is 5.69 Å². The van der Waals surface area contributed by atoms with Crippen LogP contribution in [0.2, 0.25) is 0 Å². The van der Waals surface area contributed by atoms with E-state index in [2.05, 4.69) is 10.5 Å². The van der Waals surface area contributed by atoms with Crippen LogP contribution in [0.15, 0.2) is 71.8 Å². The third-order valence-electron chi connectivity index (χ3n) is 4.67. The summed E-state index contributed by atoms with van der Waals surface area (Å²) in [6.07, 6.45) is 2.27. The number of nitro groups is 1. The lowest BCUT2D eigenvalue weighted by Crippen LogP contribution is -2.17. The van der Waals surface area contributed by atoms with Crippen molar-refractivity contribution in [1.82, 2.24) is 5.43 Å². The molecule has 0 spiro atoms. The minimum absolute atomic E-state index is 0.115. The quantitative estimate of drug-likeness (QED) is 0.151. The lowest BCUT2D eigenvalue weighted by molar-refractivity contribution is -0.384. The number of nitrogens with one attached hydrogen (secondary N) is 1. The zero-order valence-electron chi connectivity index (χ0n) is 19.1. The van der Waals surface area contributed by atoms with Crippen molar-refractivity contribution in [3.63, 3.8) is 0 Å². The molecule has 180 valence electrons. The van der Waals surface area contributed by atoms with Gasteiger partial charge in [0.05, 0.1) is 30.4 Å². The molecule has 0 saturated heterocycles. The van der Waals surface area contributed by atoms with Crippen molar-refractivity contribution in [2.24, 2.45) is 5.10 Å². The average Bonchev–Trinajstić information content (AvgIpc) is 2.88. The van der Waals surface area contributed by atoms with Crippen molar-refractivity contribution >= 4 is 23.8 Å². The molecular weight excluding hydrogens is 454 g/mol. The number of carbonyl (C=O) groups excluding carboxylic acids is 2. The number of nitro benzene ring substituents is 1. The summed E-state index contributed by atoms with van der Waals surface area (Å²) in [5, 5.41) is 14.6. The number of hydrogen-bond donors (Lipinski definition) is 1. The maximum Gasteiger partial charge on any atom is 0.343 e. The average molecular weight is 477 g/mol. The van der Waals surface area contributed by atoms with Gasteiger partial charge in [-0.3, -0.25) is 14.9 Å². The molecule has 0 aromatic heterocycles. The van der Waals surface area contributed by atoms with Crippen molar-refractivity contribution in [3.05, 3.63) is 93.5 Å². The number of ether oxygens (including phenoxy) is 3. The summed E-state index contributed by atoms with van der Waals surface area (Å²) in [4.78, 5) is 34.8. The molecular formula is C25H23N3O7. The lowest BCUT2D eigenvalue weighted by atomic mass is 10.2. The standard InChI is InChI=1S/C25H23N3O7/c1-3-14-34-21-11-7-19(8-12-21)25(30)35-22-13-4-17(15-23(22)33-2)16-26-27-24(29)18-5-9-20(10-6-18)28(31)32/h4-13,15-16H,3,14H2,1-2H3,(H,27,29). The zero-order valence-corrected chi connectivity index (χ0v) is 19.1. The molecule has 10 nitrogen and oxygen atoms in total. The molecule has 0 atom stereocenters. The second kappa shape index (κ2) is 11.9. The number of methoxy groups -OCH3 is 1. The van der Waals surface area contributed by atoms with Gasteiger partial charge in [-0.1, -0.05) is 6.92 Å². The van der Waals surface area contributed by atoms with Gasteiger partial charge in [0.25, 0.3) is 11.6 Å². The monoisotopic (exact) mass is 477 g/mol. The second-order valence-electron chi connectivity index (χ2n) is 7.18. The summed E-state index contributed by atoms with van der Waals surface area (Å²) in [5.41, 5.74) is 3.38. The Morgan fingerprint density at radius 3 is 2.31 bits per heavy atom. The first-order valence-corrected chi connectivity index (χ1v) is 10.6. The predicted molar refractivity (Wildman–Crippen MR) is 128 cm³/mol. The van der Waals surface area contributed by atoms with Gasteiger partial charge in [-0.2, -0.15) is 5.10 Å². The van der Waals surface area contributed by atoms with Gasteiger partial charge in [0, 0.05) is 17.7 Å². The molecule has 0 aliphatic carbocycles. The summed E-state index contributed by atoms with van der Waals surface area (Å²) in [5.74, 6) is 0.106. The molecule has 0 aliphatic rings. The van der Waals surface area contributed by atoms with Gasteiger partial charge in [-0.15, -0.1) is 0 Å². The maximum atomic E-state index is 12.5. The molecule has 0 bridgehead atoms. The number of carbonyl (C=O) groups is 2. The molecule has 0 unspecified atom stereocenters. The Morgan fingerprint density at radius 2 is 1.69 bits per heavy atom. The minimum atomic E-state index is -0.554. The maximum absolute atomic E-state index is 12.5. The summed E-state index contributed by atoms with van der Waals surface area (Å²) >= 11 is 0. The molecule has 1 N–H and O–H groups in total. The molecule has 1 amide bonds. The van der Waals surface area contributed by atoms with Gasteiger partial charge in [-0.05, 0) is 66.6 Å². The zero-order chi connectivity index (χ0) is 25.2. The SMILES string of the molecule is CCCOc1ccc(C(=O)Oc2ccc(C=NNC(=O)c3ccc([N+](=O)[O-])cc3)cc2OC)cc1. The third kappa shape index (κ3) is 6.87. The molecule has 0 aliphatic heterocycles. The number of nitrogens with zero attached hydrogens (tertiary/aromatic N) is 2. The molecule has 0 saturated carbocycles. The highest BCUT2D eigenvalue weighted by molar-refractivity contribution is 5.95. The van der Waals surface area contributed by atoms with E-state index in [0.29, 0.717) is 29.2 Å². The van der Waals surface area contributed by atoms with Gasteiger partial charge < -0.3 is 14.2 Å². The van der Waals surface area contributed by atoms with Crippen molar-refractivity contribution in [3.8, 4) is 17.2 Å². The Kier molecular flexibility index (Phi) is 8.49. The van der Waals surface area contributed by atoms with E-state index < -0.39 is 16.8 Å². The molecule has 0 radical (unpaired) electrons. The van der Waals surface area contributed by atoms with Gasteiger partial charge in [-0.25, -0.2) is 10.2 Å². The van der Waals surface area contributed by atoms with Crippen LogP contribution in [0.5, 0.6) is 17.2 Å². The van der Waals surface area contributed by atoms with E-state index >= 15 is 0 Å². The topological polar surface area (TPSA) is 129 Å². The Hall–Kier alpha value is -4.73. The smallest absolute Gasteiger partial charge is 0.343 e. The van der Waals surface area contributed by atoms with Crippen LogP contribution in [0.25, 0.3) is 0 Å². The van der Waals surface area contributed by atoms with E-state index in [-0.39, 0.29) is 17.0 Å². The van der Waals surface area contributed by atoms with Crippen LogP contribution in [-0.4, -0.2) is 36.7 Å². The Labute approximate surface area is 201 Å².